The average Bonchev–Trinajstić information content (AvgIpc) is 3.10. The zero-order chi connectivity index (χ0) is 15.1. The predicted molar refractivity (Wildman–Crippen MR) is 75.6 cm³/mol. The van der Waals surface area contributed by atoms with Gasteiger partial charge in [-0.05, 0) is 46.0 Å². The van der Waals surface area contributed by atoms with E-state index in [4.69, 9.17) is 4.52 Å². The molecule has 6 heteroatoms. The summed E-state index contributed by atoms with van der Waals surface area (Å²) in [6.07, 6.45) is 2.90. The Morgan fingerprint density at radius 3 is 2.81 bits per heavy atom. The molecule has 0 aromatic carbocycles. The van der Waals surface area contributed by atoms with E-state index in [1.54, 1.807) is 17.9 Å². The largest absolute Gasteiger partial charge is 0.361 e. The first-order chi connectivity index (χ1) is 9.97. The number of nitrogens with zero attached hydrogens (tertiary/aromatic N) is 2. The Hall–Kier alpha value is -1.85. The maximum absolute atomic E-state index is 12.7. The topological polar surface area (TPSA) is 75.4 Å². The van der Waals surface area contributed by atoms with Crippen LogP contribution in [0.15, 0.2) is 10.6 Å². The Bertz CT molecular complexity index is 566. The van der Waals surface area contributed by atoms with Crippen LogP contribution in [-0.4, -0.2) is 40.0 Å². The van der Waals surface area contributed by atoms with Crippen LogP contribution in [0.5, 0.6) is 0 Å². The highest BCUT2D eigenvalue weighted by Gasteiger charge is 2.51. The van der Waals surface area contributed by atoms with Crippen molar-refractivity contribution >= 4 is 11.8 Å². The minimum atomic E-state index is -0.365. The molecule has 0 unspecified atom stereocenters. The molecule has 21 heavy (non-hydrogen) atoms. The number of nitrogens with one attached hydrogen (secondary N) is 1. The number of carbonyl (C=O) groups is 2. The lowest BCUT2D eigenvalue weighted by Gasteiger charge is -2.34. The maximum Gasteiger partial charge on any atom is 0.276 e. The van der Waals surface area contributed by atoms with Gasteiger partial charge in [0.2, 0.25) is 5.91 Å². The van der Waals surface area contributed by atoms with Crippen molar-refractivity contribution in [2.45, 2.75) is 58.2 Å². The lowest BCUT2D eigenvalue weighted by atomic mass is 9.97. The Morgan fingerprint density at radius 1 is 1.43 bits per heavy atom. The van der Waals surface area contributed by atoms with Crippen LogP contribution in [0.25, 0.3) is 0 Å². The second-order valence-corrected chi connectivity index (χ2v) is 6.37. The van der Waals surface area contributed by atoms with Gasteiger partial charge in [0.05, 0.1) is 0 Å². The molecule has 1 aromatic rings. The summed E-state index contributed by atoms with van der Waals surface area (Å²) in [6, 6.07) is 1.49. The number of amides is 2. The Labute approximate surface area is 123 Å². The molecule has 1 aliphatic heterocycles. The summed E-state index contributed by atoms with van der Waals surface area (Å²) in [6.45, 7) is 5.61. The summed E-state index contributed by atoms with van der Waals surface area (Å²) in [7, 11) is 0. The van der Waals surface area contributed by atoms with Crippen LogP contribution in [0.1, 0.15) is 49.4 Å². The number of likely N-dealkylation sites (tertiary alicyclic amines) is 1. The molecule has 2 fully saturated rings. The van der Waals surface area contributed by atoms with Crippen LogP contribution in [0, 0.1) is 12.8 Å². The van der Waals surface area contributed by atoms with Crippen molar-refractivity contribution in [2.75, 3.05) is 0 Å². The summed E-state index contributed by atoms with van der Waals surface area (Å²) in [5.74, 6) is 0.630. The van der Waals surface area contributed by atoms with E-state index in [9.17, 15) is 9.59 Å². The predicted octanol–water partition coefficient (Wildman–Crippen LogP) is 1.50. The van der Waals surface area contributed by atoms with E-state index in [1.165, 1.54) is 0 Å². The minimum absolute atomic E-state index is 0.0502. The highest BCUT2D eigenvalue weighted by Crippen LogP contribution is 2.43. The number of carbonyl (C=O) groups excluding carboxylic acids is 2. The van der Waals surface area contributed by atoms with Crippen LogP contribution in [-0.2, 0) is 4.79 Å². The number of rotatable bonds is 3. The molecule has 1 N–H and O–H groups in total. The molecule has 1 aromatic heterocycles. The first-order valence-electron chi connectivity index (χ1n) is 7.53. The SMILES string of the molecule is Cc1cc(C(=O)N2[C@H]3CC[C@@H](C3)[C@H]2C(=O)NC(C)C)no1. The highest BCUT2D eigenvalue weighted by atomic mass is 16.5. The number of piperidine rings is 1. The number of hydrogen-bond acceptors (Lipinski definition) is 4. The van der Waals surface area contributed by atoms with Gasteiger partial charge in [-0.3, -0.25) is 9.59 Å². The van der Waals surface area contributed by atoms with Crippen LogP contribution in [0.4, 0.5) is 0 Å². The summed E-state index contributed by atoms with van der Waals surface area (Å²) in [5, 5.41) is 6.74. The molecule has 3 atom stereocenters. The number of aromatic nitrogens is 1. The lowest BCUT2D eigenvalue weighted by molar-refractivity contribution is -0.127. The van der Waals surface area contributed by atoms with E-state index < -0.39 is 0 Å². The second-order valence-electron chi connectivity index (χ2n) is 6.37. The number of fused-ring (bicyclic) bond motifs is 2. The molecule has 0 spiro atoms. The van der Waals surface area contributed by atoms with Crippen molar-refractivity contribution in [3.8, 4) is 0 Å². The zero-order valence-electron chi connectivity index (χ0n) is 12.6. The molecular formula is C15H21N3O3. The quantitative estimate of drug-likeness (QED) is 0.915. The third kappa shape index (κ3) is 2.43. The van der Waals surface area contributed by atoms with Gasteiger partial charge in [0.25, 0.3) is 5.91 Å². The van der Waals surface area contributed by atoms with Crippen LogP contribution in [0.3, 0.4) is 0 Å². The summed E-state index contributed by atoms with van der Waals surface area (Å²) < 4.78 is 4.99. The Kier molecular flexibility index (Phi) is 3.47. The molecule has 114 valence electrons. The Balaban J connectivity index is 1.84. The van der Waals surface area contributed by atoms with Crippen molar-refractivity contribution in [3.63, 3.8) is 0 Å². The molecule has 3 rings (SSSR count). The summed E-state index contributed by atoms with van der Waals surface area (Å²) >= 11 is 0. The molecule has 2 aliphatic rings. The van der Waals surface area contributed by atoms with E-state index in [0.717, 1.165) is 19.3 Å². The molecule has 6 nitrogen and oxygen atoms in total. The van der Waals surface area contributed by atoms with Gasteiger partial charge in [-0.25, -0.2) is 0 Å². The van der Waals surface area contributed by atoms with Gasteiger partial charge in [-0.15, -0.1) is 0 Å². The molecule has 2 heterocycles. The van der Waals surface area contributed by atoms with Crippen molar-refractivity contribution in [1.82, 2.24) is 15.4 Å². The van der Waals surface area contributed by atoms with Gasteiger partial charge in [-0.2, -0.15) is 0 Å². The Morgan fingerprint density at radius 2 is 2.19 bits per heavy atom. The summed E-state index contributed by atoms with van der Waals surface area (Å²) in [4.78, 5) is 26.8. The van der Waals surface area contributed by atoms with Gasteiger partial charge in [-0.1, -0.05) is 5.16 Å². The van der Waals surface area contributed by atoms with Crippen LogP contribution in [0.2, 0.25) is 0 Å². The lowest BCUT2D eigenvalue weighted by Crippen LogP contribution is -2.53. The summed E-state index contributed by atoms with van der Waals surface area (Å²) in [5.41, 5.74) is 0.294. The van der Waals surface area contributed by atoms with E-state index in [2.05, 4.69) is 10.5 Å². The van der Waals surface area contributed by atoms with E-state index in [1.807, 2.05) is 13.8 Å². The standard InChI is InChI=1S/C15H21N3O3/c1-8(2)16-14(19)13-10-4-5-11(7-10)18(13)15(20)12-6-9(3)21-17-12/h6,8,10-11,13H,4-5,7H2,1-3H3,(H,16,19)/t10-,11-,13-/m0/s1. The minimum Gasteiger partial charge on any atom is -0.361 e. The van der Waals surface area contributed by atoms with Crippen LogP contribution >= 0.6 is 0 Å². The third-order valence-electron chi connectivity index (χ3n) is 4.37. The van der Waals surface area contributed by atoms with E-state index in [0.29, 0.717) is 11.5 Å². The molecular weight excluding hydrogens is 270 g/mol. The zero-order valence-corrected chi connectivity index (χ0v) is 12.6. The fourth-order valence-corrected chi connectivity index (χ4v) is 3.59. The normalized spacial score (nSPS) is 27.4. The van der Waals surface area contributed by atoms with Crippen molar-refractivity contribution in [1.29, 1.82) is 0 Å². The second kappa shape index (κ2) is 5.16. The molecule has 0 radical (unpaired) electrons. The number of hydrogen-bond donors (Lipinski definition) is 1. The first kappa shape index (κ1) is 14.1. The van der Waals surface area contributed by atoms with Crippen molar-refractivity contribution < 1.29 is 14.1 Å². The van der Waals surface area contributed by atoms with Gasteiger partial charge >= 0.3 is 0 Å². The van der Waals surface area contributed by atoms with Crippen molar-refractivity contribution in [2.24, 2.45) is 5.92 Å². The van der Waals surface area contributed by atoms with Crippen LogP contribution < -0.4 is 5.32 Å². The molecule has 2 bridgehead atoms. The third-order valence-corrected chi connectivity index (χ3v) is 4.37. The van der Waals surface area contributed by atoms with Gasteiger partial charge in [0, 0.05) is 18.2 Å². The smallest absolute Gasteiger partial charge is 0.276 e. The highest BCUT2D eigenvalue weighted by molar-refractivity contribution is 5.97. The van der Waals surface area contributed by atoms with Gasteiger partial charge < -0.3 is 14.7 Å². The monoisotopic (exact) mass is 291 g/mol. The molecule has 1 saturated carbocycles. The number of aryl methyl sites for hydroxylation is 1. The molecule has 1 saturated heterocycles. The van der Waals surface area contributed by atoms with E-state index in [-0.39, 0.29) is 35.9 Å². The average molecular weight is 291 g/mol. The fourth-order valence-electron chi connectivity index (χ4n) is 3.59. The van der Waals surface area contributed by atoms with Gasteiger partial charge in [0.1, 0.15) is 11.8 Å². The first-order valence-corrected chi connectivity index (χ1v) is 7.53. The van der Waals surface area contributed by atoms with E-state index >= 15 is 0 Å². The van der Waals surface area contributed by atoms with Gasteiger partial charge in [0.15, 0.2) is 5.69 Å². The fraction of sp³-hybridized carbons (Fsp3) is 0.667. The maximum atomic E-state index is 12.7. The molecule has 1 aliphatic carbocycles. The molecule has 2 amide bonds. The van der Waals surface area contributed by atoms with Crippen molar-refractivity contribution in [3.05, 3.63) is 17.5 Å².